The Morgan fingerprint density at radius 1 is 1.27 bits per heavy atom. The molecule has 0 N–H and O–H groups in total. The first-order valence-corrected chi connectivity index (χ1v) is 8.29. The van der Waals surface area contributed by atoms with Gasteiger partial charge in [-0.15, -0.1) is 0 Å². The van der Waals surface area contributed by atoms with Crippen molar-refractivity contribution in [1.82, 2.24) is 0 Å². The van der Waals surface area contributed by atoms with Crippen molar-refractivity contribution >= 4 is 8.07 Å². The van der Waals surface area contributed by atoms with Crippen molar-refractivity contribution in [1.29, 1.82) is 0 Å². The summed E-state index contributed by atoms with van der Waals surface area (Å²) >= 11 is 0. The minimum absolute atomic E-state index is 0.917. The van der Waals surface area contributed by atoms with E-state index >= 15 is 0 Å². The van der Waals surface area contributed by atoms with Crippen molar-refractivity contribution in [2.45, 2.75) is 38.9 Å². The van der Waals surface area contributed by atoms with E-state index in [2.05, 4.69) is 25.7 Å². The first kappa shape index (κ1) is 7.60. The van der Waals surface area contributed by atoms with Gasteiger partial charge in [0.15, 0.2) is 0 Å². The van der Waals surface area contributed by atoms with Gasteiger partial charge in [-0.25, -0.2) is 0 Å². The molecule has 1 fully saturated rings. The fourth-order valence-electron chi connectivity index (χ4n) is 2.70. The molecule has 2 aliphatic rings. The molecule has 2 atom stereocenters. The first-order chi connectivity index (χ1) is 5.07. The second-order valence-corrected chi connectivity index (χ2v) is 10.2. The quantitative estimate of drug-likeness (QED) is 0.525. The largest absolute Gasteiger partial charge is 0.0858 e. The molecule has 0 heterocycles. The van der Waals surface area contributed by atoms with E-state index in [1.807, 2.05) is 5.20 Å². The molecule has 0 aromatic heterocycles. The Kier molecular flexibility index (Phi) is 1.54. The number of allylic oxidation sites excluding steroid dienone is 2. The van der Waals surface area contributed by atoms with Gasteiger partial charge in [0.25, 0.3) is 0 Å². The molecule has 62 valence electrons. The Morgan fingerprint density at radius 3 is 2.27 bits per heavy atom. The molecule has 0 amide bonds. The van der Waals surface area contributed by atoms with Crippen molar-refractivity contribution in [3.63, 3.8) is 0 Å². The van der Waals surface area contributed by atoms with Gasteiger partial charge in [0.2, 0.25) is 0 Å². The maximum absolute atomic E-state index is 2.61. The highest BCUT2D eigenvalue weighted by Gasteiger charge is 2.37. The van der Waals surface area contributed by atoms with Crippen LogP contribution in [0.5, 0.6) is 0 Å². The second-order valence-electron chi connectivity index (χ2n) is 5.14. The van der Waals surface area contributed by atoms with Crippen LogP contribution in [-0.4, -0.2) is 8.07 Å². The molecule has 1 saturated carbocycles. The zero-order valence-corrected chi connectivity index (χ0v) is 8.85. The number of hydrogen-bond donors (Lipinski definition) is 0. The predicted molar refractivity (Wildman–Crippen MR) is 52.3 cm³/mol. The highest BCUT2D eigenvalue weighted by molar-refractivity contribution is 6.83. The van der Waals surface area contributed by atoms with Crippen LogP contribution in [0.15, 0.2) is 11.3 Å². The average molecular weight is 166 g/mol. The van der Waals surface area contributed by atoms with E-state index in [1.165, 1.54) is 19.3 Å². The number of rotatable bonds is 1. The maximum Gasteiger partial charge on any atom is 0.0724 e. The molecule has 2 rings (SSSR count). The molecule has 0 unspecified atom stereocenters. The molecular weight excluding hydrogens is 148 g/mol. The summed E-state index contributed by atoms with van der Waals surface area (Å²) in [4.78, 5) is 0. The van der Waals surface area contributed by atoms with Crippen molar-refractivity contribution in [2.75, 3.05) is 0 Å². The molecule has 0 radical (unpaired) electrons. The molecule has 11 heavy (non-hydrogen) atoms. The molecule has 0 aliphatic heterocycles. The fourth-order valence-corrected chi connectivity index (χ4v) is 4.93. The van der Waals surface area contributed by atoms with E-state index in [4.69, 9.17) is 0 Å². The van der Waals surface area contributed by atoms with Crippen molar-refractivity contribution in [3.8, 4) is 0 Å². The Balaban J connectivity index is 2.23. The van der Waals surface area contributed by atoms with Gasteiger partial charge in [0, 0.05) is 0 Å². The maximum atomic E-state index is 2.61. The summed E-state index contributed by atoms with van der Waals surface area (Å²) in [7, 11) is -0.917. The van der Waals surface area contributed by atoms with E-state index in [1.54, 1.807) is 0 Å². The zero-order chi connectivity index (χ0) is 8.06. The SMILES string of the molecule is C[Si](C)(C)C1=C[C@H]2CC[C@H]1C2. The number of fused-ring (bicyclic) bond motifs is 2. The van der Waals surface area contributed by atoms with Crippen LogP contribution in [0.4, 0.5) is 0 Å². The number of hydrogen-bond acceptors (Lipinski definition) is 0. The topological polar surface area (TPSA) is 0 Å². The first-order valence-electron chi connectivity index (χ1n) is 4.79. The lowest BCUT2D eigenvalue weighted by Gasteiger charge is -2.25. The Morgan fingerprint density at radius 2 is 2.00 bits per heavy atom. The van der Waals surface area contributed by atoms with Crippen LogP contribution in [0.2, 0.25) is 19.6 Å². The van der Waals surface area contributed by atoms with Crippen molar-refractivity contribution in [3.05, 3.63) is 11.3 Å². The van der Waals surface area contributed by atoms with Gasteiger partial charge in [0.1, 0.15) is 0 Å². The molecule has 0 spiro atoms. The van der Waals surface area contributed by atoms with Crippen LogP contribution in [0.1, 0.15) is 19.3 Å². The molecule has 0 aromatic rings. The molecule has 2 aliphatic carbocycles. The summed E-state index contributed by atoms with van der Waals surface area (Å²) in [6, 6.07) is 0. The zero-order valence-electron chi connectivity index (χ0n) is 7.85. The molecule has 0 nitrogen and oxygen atoms in total. The molecule has 2 bridgehead atoms. The minimum Gasteiger partial charge on any atom is -0.0858 e. The van der Waals surface area contributed by atoms with E-state index in [0.717, 1.165) is 11.8 Å². The Bertz CT molecular complexity index is 197. The van der Waals surface area contributed by atoms with Gasteiger partial charge in [-0.2, -0.15) is 0 Å². The third kappa shape index (κ3) is 1.20. The third-order valence-electron chi connectivity index (χ3n) is 3.19. The van der Waals surface area contributed by atoms with E-state index in [9.17, 15) is 0 Å². The van der Waals surface area contributed by atoms with Crippen LogP contribution in [-0.2, 0) is 0 Å². The second kappa shape index (κ2) is 2.22. The molecular formula is C10H18Si. The lowest BCUT2D eigenvalue weighted by atomic mass is 10.1. The summed E-state index contributed by atoms with van der Waals surface area (Å²) in [6.07, 6.45) is 7.10. The van der Waals surface area contributed by atoms with Gasteiger partial charge in [-0.1, -0.05) is 30.9 Å². The molecule has 1 heteroatoms. The van der Waals surface area contributed by atoms with Crippen molar-refractivity contribution in [2.24, 2.45) is 11.8 Å². The third-order valence-corrected chi connectivity index (χ3v) is 5.50. The predicted octanol–water partition coefficient (Wildman–Crippen LogP) is 3.22. The van der Waals surface area contributed by atoms with Gasteiger partial charge in [-0.3, -0.25) is 0 Å². The molecule has 0 saturated heterocycles. The molecule has 0 aromatic carbocycles. The summed E-state index contributed by atoms with van der Waals surface area (Å²) in [5, 5.41) is 1.88. The highest BCUT2D eigenvalue weighted by atomic mass is 28.3. The summed E-state index contributed by atoms with van der Waals surface area (Å²) in [5.74, 6) is 2.01. The lowest BCUT2D eigenvalue weighted by Crippen LogP contribution is -2.27. The van der Waals surface area contributed by atoms with Gasteiger partial charge >= 0.3 is 0 Å². The fraction of sp³-hybridized carbons (Fsp3) is 0.800. The van der Waals surface area contributed by atoms with Crippen LogP contribution in [0, 0.1) is 11.8 Å². The van der Waals surface area contributed by atoms with Crippen molar-refractivity contribution < 1.29 is 0 Å². The summed E-state index contributed by atoms with van der Waals surface area (Å²) in [6.45, 7) is 7.46. The van der Waals surface area contributed by atoms with Crippen LogP contribution in [0.25, 0.3) is 0 Å². The Hall–Kier alpha value is -0.0431. The van der Waals surface area contributed by atoms with Crippen LogP contribution >= 0.6 is 0 Å². The van der Waals surface area contributed by atoms with Crippen LogP contribution < -0.4 is 0 Å². The smallest absolute Gasteiger partial charge is 0.0724 e. The normalized spacial score (nSPS) is 36.1. The monoisotopic (exact) mass is 166 g/mol. The van der Waals surface area contributed by atoms with Gasteiger partial charge in [-0.05, 0) is 31.1 Å². The van der Waals surface area contributed by atoms with E-state index in [-0.39, 0.29) is 0 Å². The minimum atomic E-state index is -0.917. The average Bonchev–Trinajstić information content (AvgIpc) is 2.42. The highest BCUT2D eigenvalue weighted by Crippen LogP contribution is 2.46. The van der Waals surface area contributed by atoms with Gasteiger partial charge in [0.05, 0.1) is 8.07 Å². The van der Waals surface area contributed by atoms with Gasteiger partial charge < -0.3 is 0 Å². The summed E-state index contributed by atoms with van der Waals surface area (Å²) < 4.78 is 0. The Labute approximate surface area is 70.7 Å². The standard InChI is InChI=1S/C10H18Si/c1-11(2,3)10-7-8-4-5-9(10)6-8/h7-9H,4-6H2,1-3H3/t8-,9-/m0/s1. The summed E-state index contributed by atoms with van der Waals surface area (Å²) in [5.41, 5.74) is 0. The van der Waals surface area contributed by atoms with E-state index < -0.39 is 8.07 Å². The van der Waals surface area contributed by atoms with Crippen LogP contribution in [0.3, 0.4) is 0 Å². The lowest BCUT2D eigenvalue weighted by molar-refractivity contribution is 0.679. The van der Waals surface area contributed by atoms with E-state index in [0.29, 0.717) is 0 Å².